The molecule has 2 amide bonds. The predicted octanol–water partition coefficient (Wildman–Crippen LogP) is 2.24. The van der Waals surface area contributed by atoms with Crippen molar-refractivity contribution >= 4 is 39.1 Å². The summed E-state index contributed by atoms with van der Waals surface area (Å²) in [5.74, 6) is 1.19. The van der Waals surface area contributed by atoms with E-state index in [9.17, 15) is 9.59 Å². The Bertz CT molecular complexity index is 1010. The third kappa shape index (κ3) is 4.48. The van der Waals surface area contributed by atoms with Gasteiger partial charge in [-0.25, -0.2) is 0 Å². The van der Waals surface area contributed by atoms with E-state index in [1.165, 1.54) is 11.3 Å². The van der Waals surface area contributed by atoms with Crippen LogP contribution >= 0.6 is 11.3 Å². The number of piperidine rings is 1. The zero-order valence-corrected chi connectivity index (χ0v) is 19.8. The maximum atomic E-state index is 13.3. The number of aromatic nitrogens is 2. The van der Waals surface area contributed by atoms with E-state index in [2.05, 4.69) is 26.1 Å². The summed E-state index contributed by atoms with van der Waals surface area (Å²) in [6.45, 7) is 5.27. The van der Waals surface area contributed by atoms with E-state index in [0.29, 0.717) is 31.2 Å². The molecule has 0 aliphatic carbocycles. The van der Waals surface area contributed by atoms with Crippen molar-refractivity contribution in [1.29, 1.82) is 0 Å². The number of anilines is 3. The number of para-hydroxylation sites is 2. The second-order valence-electron chi connectivity index (χ2n) is 8.79. The summed E-state index contributed by atoms with van der Waals surface area (Å²) in [5, 5.41) is 10.1. The summed E-state index contributed by atoms with van der Waals surface area (Å²) in [7, 11) is 1.69. The Balaban J connectivity index is 1.19. The van der Waals surface area contributed by atoms with Gasteiger partial charge in [-0.2, -0.15) is 0 Å². The first kappa shape index (κ1) is 21.9. The van der Waals surface area contributed by atoms with Gasteiger partial charge in [-0.1, -0.05) is 23.5 Å². The molecule has 9 nitrogen and oxygen atoms in total. The van der Waals surface area contributed by atoms with Crippen molar-refractivity contribution in [2.24, 2.45) is 5.92 Å². The van der Waals surface area contributed by atoms with Crippen LogP contribution in [-0.2, 0) is 9.59 Å². The molecule has 0 unspecified atom stereocenters. The summed E-state index contributed by atoms with van der Waals surface area (Å²) >= 11 is 1.46. The Morgan fingerprint density at radius 2 is 1.79 bits per heavy atom. The highest BCUT2D eigenvalue weighted by molar-refractivity contribution is 7.19. The number of piperazine rings is 1. The highest BCUT2D eigenvalue weighted by atomic mass is 32.1. The van der Waals surface area contributed by atoms with Crippen molar-refractivity contribution in [3.05, 3.63) is 24.3 Å². The largest absolute Gasteiger partial charge is 0.495 e. The summed E-state index contributed by atoms with van der Waals surface area (Å²) in [5.41, 5.74) is 1.08. The molecular formula is C23H30N6O3S. The summed E-state index contributed by atoms with van der Waals surface area (Å²) < 4.78 is 5.50. The number of carbonyl (C=O) groups is 2. The van der Waals surface area contributed by atoms with Gasteiger partial charge in [0.1, 0.15) is 5.75 Å². The zero-order chi connectivity index (χ0) is 22.8. The minimum atomic E-state index is -0.0302. The average Bonchev–Trinajstić information content (AvgIpc) is 3.53. The predicted molar refractivity (Wildman–Crippen MR) is 128 cm³/mol. The van der Waals surface area contributed by atoms with Crippen molar-refractivity contribution in [3.63, 3.8) is 0 Å². The molecule has 0 spiro atoms. The van der Waals surface area contributed by atoms with Gasteiger partial charge >= 0.3 is 0 Å². The molecule has 1 atom stereocenters. The number of amides is 2. The fourth-order valence-electron chi connectivity index (χ4n) is 4.96. The minimum Gasteiger partial charge on any atom is -0.495 e. The molecule has 0 bridgehead atoms. The molecule has 3 aliphatic heterocycles. The highest BCUT2D eigenvalue weighted by Crippen LogP contribution is 2.33. The van der Waals surface area contributed by atoms with Gasteiger partial charge in [-0.3, -0.25) is 14.5 Å². The molecule has 3 saturated heterocycles. The van der Waals surface area contributed by atoms with E-state index < -0.39 is 0 Å². The molecule has 5 rings (SSSR count). The summed E-state index contributed by atoms with van der Waals surface area (Å²) in [6.07, 6.45) is 3.31. The van der Waals surface area contributed by atoms with Crippen LogP contribution in [0.2, 0.25) is 0 Å². The van der Waals surface area contributed by atoms with Crippen LogP contribution in [0.5, 0.6) is 5.75 Å². The molecule has 1 aromatic carbocycles. The first-order chi connectivity index (χ1) is 16.1. The first-order valence-corrected chi connectivity index (χ1v) is 12.5. The van der Waals surface area contributed by atoms with Crippen molar-refractivity contribution < 1.29 is 14.3 Å². The van der Waals surface area contributed by atoms with Gasteiger partial charge in [0.15, 0.2) is 0 Å². The molecule has 2 aromatic rings. The average molecular weight is 471 g/mol. The number of nitrogens with zero attached hydrogens (tertiary/aromatic N) is 6. The molecule has 0 N–H and O–H groups in total. The van der Waals surface area contributed by atoms with E-state index in [-0.39, 0.29) is 17.7 Å². The van der Waals surface area contributed by atoms with Crippen LogP contribution in [0.1, 0.15) is 25.7 Å². The van der Waals surface area contributed by atoms with Crippen LogP contribution in [0.4, 0.5) is 16.0 Å². The fraction of sp³-hybridized carbons (Fsp3) is 0.565. The number of hydrogen-bond acceptors (Lipinski definition) is 8. The lowest BCUT2D eigenvalue weighted by Gasteiger charge is -2.39. The van der Waals surface area contributed by atoms with Gasteiger partial charge < -0.3 is 19.4 Å². The topological polar surface area (TPSA) is 82.1 Å². The van der Waals surface area contributed by atoms with Crippen molar-refractivity contribution in [2.45, 2.75) is 25.7 Å². The number of ether oxygens (including phenoxy) is 1. The number of hydrogen-bond donors (Lipinski definition) is 0. The normalized spacial score (nSPS) is 21.6. The quantitative estimate of drug-likeness (QED) is 0.663. The van der Waals surface area contributed by atoms with Crippen LogP contribution in [0.3, 0.4) is 0 Å². The number of benzene rings is 1. The lowest BCUT2D eigenvalue weighted by atomic mass is 9.96. The molecule has 176 valence electrons. The Morgan fingerprint density at radius 1 is 1.00 bits per heavy atom. The van der Waals surface area contributed by atoms with E-state index in [4.69, 9.17) is 4.74 Å². The lowest BCUT2D eigenvalue weighted by molar-refractivity contribution is -0.136. The molecular weight excluding hydrogens is 440 g/mol. The van der Waals surface area contributed by atoms with Crippen LogP contribution in [0.15, 0.2) is 24.3 Å². The van der Waals surface area contributed by atoms with E-state index in [1.54, 1.807) is 12.0 Å². The maximum absolute atomic E-state index is 13.3. The smallest absolute Gasteiger partial charge is 0.228 e. The summed E-state index contributed by atoms with van der Waals surface area (Å²) in [4.78, 5) is 33.5. The summed E-state index contributed by atoms with van der Waals surface area (Å²) in [6, 6.07) is 8.04. The molecule has 10 heteroatoms. The second kappa shape index (κ2) is 9.54. The van der Waals surface area contributed by atoms with Crippen molar-refractivity contribution in [1.82, 2.24) is 15.1 Å². The van der Waals surface area contributed by atoms with E-state index >= 15 is 0 Å². The minimum absolute atomic E-state index is 0.0302. The molecule has 0 radical (unpaired) electrons. The molecule has 0 saturated carbocycles. The van der Waals surface area contributed by atoms with Gasteiger partial charge in [-0.15, -0.1) is 10.2 Å². The SMILES string of the molecule is COc1ccccc1N1CCN(C(=O)[C@@H]2CCCN(c3nnc(N4CCCC4=O)s3)C2)CC1. The molecule has 3 aliphatic rings. The maximum Gasteiger partial charge on any atom is 0.228 e. The Hall–Kier alpha value is -2.88. The molecule has 1 aromatic heterocycles. The molecule has 4 heterocycles. The van der Waals surface area contributed by atoms with Gasteiger partial charge in [0.25, 0.3) is 0 Å². The standard InChI is InChI=1S/C23H30N6O3S/c1-32-19-8-3-2-7-18(19)26-12-14-27(15-13-26)21(31)17-6-4-10-28(16-17)22-24-25-23(33-22)29-11-5-9-20(29)30/h2-3,7-8,17H,4-6,9-16H2,1H3/t17-/m1/s1. The molecule has 33 heavy (non-hydrogen) atoms. The number of methoxy groups -OCH3 is 1. The van der Waals surface area contributed by atoms with E-state index in [0.717, 1.165) is 62.0 Å². The number of carbonyl (C=O) groups excluding carboxylic acids is 2. The lowest BCUT2D eigenvalue weighted by Crippen LogP contribution is -2.52. The fourth-order valence-corrected chi connectivity index (χ4v) is 5.89. The van der Waals surface area contributed by atoms with Gasteiger partial charge in [0, 0.05) is 52.2 Å². The van der Waals surface area contributed by atoms with Crippen molar-refractivity contribution in [3.8, 4) is 5.75 Å². The van der Waals surface area contributed by atoms with Crippen LogP contribution in [0, 0.1) is 5.92 Å². The monoisotopic (exact) mass is 470 g/mol. The Labute approximate surface area is 197 Å². The number of rotatable bonds is 5. The van der Waals surface area contributed by atoms with E-state index in [1.807, 2.05) is 23.1 Å². The third-order valence-electron chi connectivity index (χ3n) is 6.77. The first-order valence-electron chi connectivity index (χ1n) is 11.7. The Kier molecular flexibility index (Phi) is 6.34. The van der Waals surface area contributed by atoms with Gasteiger partial charge in [0.05, 0.1) is 18.7 Å². The Morgan fingerprint density at radius 3 is 2.55 bits per heavy atom. The van der Waals surface area contributed by atoms with Gasteiger partial charge in [-0.05, 0) is 31.4 Å². The molecule has 3 fully saturated rings. The second-order valence-corrected chi connectivity index (χ2v) is 9.72. The third-order valence-corrected chi connectivity index (χ3v) is 7.77. The van der Waals surface area contributed by atoms with Crippen LogP contribution in [0.25, 0.3) is 0 Å². The van der Waals surface area contributed by atoms with Crippen LogP contribution in [-0.4, -0.2) is 79.8 Å². The van der Waals surface area contributed by atoms with Crippen molar-refractivity contribution in [2.75, 3.05) is 67.6 Å². The van der Waals surface area contributed by atoms with Crippen LogP contribution < -0.4 is 19.4 Å². The highest BCUT2D eigenvalue weighted by Gasteiger charge is 2.33. The zero-order valence-electron chi connectivity index (χ0n) is 19.0. The van der Waals surface area contributed by atoms with Gasteiger partial charge in [0.2, 0.25) is 22.1 Å².